The van der Waals surface area contributed by atoms with Crippen molar-refractivity contribution in [2.75, 3.05) is 32.7 Å². The first-order chi connectivity index (χ1) is 5.93. The Balaban J connectivity index is 2.05. The SMILES string of the molecule is C=CC=CCCN1CCNCC1. The molecule has 0 atom stereocenters. The molecule has 1 fully saturated rings. The number of hydrogen-bond acceptors (Lipinski definition) is 2. The summed E-state index contributed by atoms with van der Waals surface area (Å²) in [7, 11) is 0. The second-order valence-corrected chi connectivity index (χ2v) is 3.04. The monoisotopic (exact) mass is 166 g/mol. The highest BCUT2D eigenvalue weighted by molar-refractivity contribution is 4.97. The van der Waals surface area contributed by atoms with E-state index in [0.717, 1.165) is 19.5 Å². The minimum atomic E-state index is 1.14. The maximum absolute atomic E-state index is 3.63. The Hall–Kier alpha value is -0.600. The van der Waals surface area contributed by atoms with Crippen LogP contribution in [0.1, 0.15) is 6.42 Å². The molecule has 0 amide bonds. The molecule has 0 bridgehead atoms. The number of hydrogen-bond donors (Lipinski definition) is 1. The van der Waals surface area contributed by atoms with E-state index in [0.29, 0.717) is 0 Å². The van der Waals surface area contributed by atoms with Crippen LogP contribution in [0.15, 0.2) is 24.8 Å². The summed E-state index contributed by atoms with van der Waals surface area (Å²) in [6.07, 6.45) is 7.17. The van der Waals surface area contributed by atoms with Gasteiger partial charge < -0.3 is 10.2 Å². The molecule has 0 saturated carbocycles. The lowest BCUT2D eigenvalue weighted by molar-refractivity contribution is 0.245. The Bertz CT molecular complexity index is 146. The van der Waals surface area contributed by atoms with Crippen molar-refractivity contribution in [3.63, 3.8) is 0 Å². The highest BCUT2D eigenvalue weighted by Gasteiger charge is 2.06. The fourth-order valence-electron chi connectivity index (χ4n) is 1.38. The van der Waals surface area contributed by atoms with Crippen LogP contribution in [0.25, 0.3) is 0 Å². The van der Waals surface area contributed by atoms with Crippen LogP contribution in [0.3, 0.4) is 0 Å². The second-order valence-electron chi connectivity index (χ2n) is 3.04. The zero-order valence-electron chi connectivity index (χ0n) is 7.63. The van der Waals surface area contributed by atoms with Gasteiger partial charge in [0.05, 0.1) is 0 Å². The average Bonchev–Trinajstić information content (AvgIpc) is 2.14. The van der Waals surface area contributed by atoms with E-state index in [9.17, 15) is 0 Å². The van der Waals surface area contributed by atoms with Gasteiger partial charge in [-0.25, -0.2) is 0 Å². The summed E-state index contributed by atoms with van der Waals surface area (Å²) in [5.74, 6) is 0. The largest absolute Gasteiger partial charge is 0.314 e. The van der Waals surface area contributed by atoms with Crippen molar-refractivity contribution in [2.24, 2.45) is 0 Å². The first-order valence-electron chi connectivity index (χ1n) is 4.64. The van der Waals surface area contributed by atoms with E-state index in [1.807, 2.05) is 12.2 Å². The van der Waals surface area contributed by atoms with E-state index in [2.05, 4.69) is 22.9 Å². The molecule has 2 heteroatoms. The normalized spacial score (nSPS) is 20.0. The number of nitrogens with one attached hydrogen (secondary N) is 1. The molecule has 1 N–H and O–H groups in total. The van der Waals surface area contributed by atoms with Gasteiger partial charge in [0.25, 0.3) is 0 Å². The molecule has 1 heterocycles. The number of rotatable bonds is 4. The molecule has 1 rings (SSSR count). The van der Waals surface area contributed by atoms with Gasteiger partial charge in [-0.15, -0.1) is 0 Å². The first-order valence-corrected chi connectivity index (χ1v) is 4.64. The van der Waals surface area contributed by atoms with Gasteiger partial charge in [0.2, 0.25) is 0 Å². The van der Waals surface area contributed by atoms with E-state index in [1.54, 1.807) is 0 Å². The predicted octanol–water partition coefficient (Wildman–Crippen LogP) is 1.02. The molecule has 68 valence electrons. The highest BCUT2D eigenvalue weighted by Crippen LogP contribution is 1.94. The van der Waals surface area contributed by atoms with Crippen LogP contribution in [-0.2, 0) is 0 Å². The average molecular weight is 166 g/mol. The van der Waals surface area contributed by atoms with Crippen molar-refractivity contribution in [3.8, 4) is 0 Å². The van der Waals surface area contributed by atoms with E-state index in [4.69, 9.17) is 0 Å². The van der Waals surface area contributed by atoms with Gasteiger partial charge in [-0.2, -0.15) is 0 Å². The smallest absolute Gasteiger partial charge is 0.0107 e. The Kier molecular flexibility index (Phi) is 4.73. The third kappa shape index (κ3) is 3.69. The molecule has 1 aliphatic heterocycles. The van der Waals surface area contributed by atoms with Gasteiger partial charge in [0.1, 0.15) is 0 Å². The van der Waals surface area contributed by atoms with Crippen LogP contribution in [0.5, 0.6) is 0 Å². The molecule has 1 saturated heterocycles. The summed E-state index contributed by atoms with van der Waals surface area (Å²) >= 11 is 0. The van der Waals surface area contributed by atoms with Crippen molar-refractivity contribution < 1.29 is 0 Å². The maximum Gasteiger partial charge on any atom is 0.0107 e. The molecule has 0 aliphatic carbocycles. The molecule has 0 aromatic carbocycles. The van der Waals surface area contributed by atoms with Crippen molar-refractivity contribution in [3.05, 3.63) is 24.8 Å². The van der Waals surface area contributed by atoms with Gasteiger partial charge in [0, 0.05) is 32.7 Å². The van der Waals surface area contributed by atoms with Crippen LogP contribution in [-0.4, -0.2) is 37.6 Å². The Morgan fingerprint density at radius 3 is 2.75 bits per heavy atom. The van der Waals surface area contributed by atoms with Gasteiger partial charge in [-0.1, -0.05) is 24.8 Å². The third-order valence-corrected chi connectivity index (χ3v) is 2.09. The zero-order chi connectivity index (χ0) is 8.65. The fourth-order valence-corrected chi connectivity index (χ4v) is 1.38. The quantitative estimate of drug-likeness (QED) is 0.627. The lowest BCUT2D eigenvalue weighted by Crippen LogP contribution is -2.43. The van der Waals surface area contributed by atoms with Crippen LogP contribution >= 0.6 is 0 Å². The summed E-state index contributed by atoms with van der Waals surface area (Å²) in [5.41, 5.74) is 0. The predicted molar refractivity (Wildman–Crippen MR) is 53.3 cm³/mol. The van der Waals surface area contributed by atoms with Crippen LogP contribution in [0.4, 0.5) is 0 Å². The summed E-state index contributed by atoms with van der Waals surface area (Å²) < 4.78 is 0. The van der Waals surface area contributed by atoms with Crippen molar-refractivity contribution in [1.29, 1.82) is 0 Å². The van der Waals surface area contributed by atoms with Crippen molar-refractivity contribution in [1.82, 2.24) is 10.2 Å². The molecule has 0 aromatic rings. The lowest BCUT2D eigenvalue weighted by atomic mass is 10.3. The Morgan fingerprint density at radius 1 is 1.33 bits per heavy atom. The van der Waals surface area contributed by atoms with E-state index < -0.39 is 0 Å². The molecule has 12 heavy (non-hydrogen) atoms. The molecular formula is C10H18N2. The number of piperazine rings is 1. The number of nitrogens with zero attached hydrogens (tertiary/aromatic N) is 1. The summed E-state index contributed by atoms with van der Waals surface area (Å²) in [4.78, 5) is 2.49. The van der Waals surface area contributed by atoms with Crippen LogP contribution in [0.2, 0.25) is 0 Å². The summed E-state index contributed by atoms with van der Waals surface area (Å²) in [6, 6.07) is 0. The fraction of sp³-hybridized carbons (Fsp3) is 0.600. The summed E-state index contributed by atoms with van der Waals surface area (Å²) in [5, 5.41) is 3.34. The maximum atomic E-state index is 3.63. The van der Waals surface area contributed by atoms with Crippen molar-refractivity contribution in [2.45, 2.75) is 6.42 Å². The zero-order valence-corrected chi connectivity index (χ0v) is 7.63. The van der Waals surface area contributed by atoms with E-state index in [1.165, 1.54) is 19.6 Å². The topological polar surface area (TPSA) is 15.3 Å². The lowest BCUT2D eigenvalue weighted by Gasteiger charge is -2.26. The van der Waals surface area contributed by atoms with Gasteiger partial charge in [-0.05, 0) is 6.42 Å². The Morgan fingerprint density at radius 2 is 2.08 bits per heavy atom. The molecular weight excluding hydrogens is 148 g/mol. The first kappa shape index (κ1) is 9.49. The third-order valence-electron chi connectivity index (χ3n) is 2.09. The summed E-state index contributed by atoms with van der Waals surface area (Å²) in [6.45, 7) is 9.50. The highest BCUT2D eigenvalue weighted by atomic mass is 15.2. The standard InChI is InChI=1S/C10H18N2/c1-2-3-4-5-8-12-9-6-11-7-10-12/h2-4,11H,1,5-10H2. The van der Waals surface area contributed by atoms with Crippen LogP contribution in [0, 0.1) is 0 Å². The molecule has 0 aromatic heterocycles. The number of allylic oxidation sites excluding steroid dienone is 2. The van der Waals surface area contributed by atoms with Gasteiger partial charge in [-0.3, -0.25) is 0 Å². The molecule has 0 spiro atoms. The minimum absolute atomic E-state index is 1.14. The van der Waals surface area contributed by atoms with Gasteiger partial charge in [0.15, 0.2) is 0 Å². The van der Waals surface area contributed by atoms with Crippen LogP contribution < -0.4 is 5.32 Å². The minimum Gasteiger partial charge on any atom is -0.314 e. The molecule has 1 aliphatic rings. The van der Waals surface area contributed by atoms with E-state index >= 15 is 0 Å². The molecule has 2 nitrogen and oxygen atoms in total. The second kappa shape index (κ2) is 5.98. The van der Waals surface area contributed by atoms with Gasteiger partial charge >= 0.3 is 0 Å². The molecule has 0 radical (unpaired) electrons. The Labute approximate surface area is 74.9 Å². The van der Waals surface area contributed by atoms with E-state index in [-0.39, 0.29) is 0 Å². The molecule has 0 unspecified atom stereocenters. The van der Waals surface area contributed by atoms with Crippen molar-refractivity contribution >= 4 is 0 Å².